The van der Waals surface area contributed by atoms with Gasteiger partial charge in [-0.15, -0.1) is 0 Å². The number of hydrogen-bond acceptors (Lipinski definition) is 3. The first-order chi connectivity index (χ1) is 7.65. The van der Waals surface area contributed by atoms with Crippen LogP contribution in [-0.2, 0) is 4.79 Å². The van der Waals surface area contributed by atoms with Crippen LogP contribution in [0.5, 0.6) is 5.75 Å². The van der Waals surface area contributed by atoms with Gasteiger partial charge in [0.25, 0.3) is 0 Å². The van der Waals surface area contributed by atoms with Gasteiger partial charge in [0.2, 0.25) is 5.91 Å². The fourth-order valence-corrected chi connectivity index (χ4v) is 1.37. The number of rotatable bonds is 5. The molecule has 0 radical (unpaired) electrons. The van der Waals surface area contributed by atoms with E-state index >= 15 is 0 Å². The van der Waals surface area contributed by atoms with Crippen molar-refractivity contribution in [3.8, 4) is 5.75 Å². The number of carbonyl (C=O) groups is 1. The second-order valence-corrected chi connectivity index (χ2v) is 3.74. The van der Waals surface area contributed by atoms with Crippen LogP contribution < -0.4 is 15.8 Å². The van der Waals surface area contributed by atoms with Gasteiger partial charge in [0.05, 0.1) is 18.1 Å². The molecule has 1 aromatic rings. The Balaban J connectivity index is 2.38. The summed E-state index contributed by atoms with van der Waals surface area (Å²) in [6.07, 6.45) is 0. The van der Waals surface area contributed by atoms with Crippen molar-refractivity contribution in [1.82, 2.24) is 5.32 Å². The summed E-state index contributed by atoms with van der Waals surface area (Å²) in [4.78, 5) is 10.8. The van der Waals surface area contributed by atoms with Crippen LogP contribution in [0.4, 0.5) is 0 Å². The second-order valence-electron chi connectivity index (χ2n) is 2.95. The molecule has 0 aromatic heterocycles. The summed E-state index contributed by atoms with van der Waals surface area (Å²) in [6.45, 7) is 0.655. The minimum atomic E-state index is -0.221. The number of amides is 1. The number of halogens is 2. The van der Waals surface area contributed by atoms with Gasteiger partial charge in [-0.1, -0.05) is 29.3 Å². The predicted octanol–water partition coefficient (Wildman–Crippen LogP) is 1.45. The van der Waals surface area contributed by atoms with Crippen molar-refractivity contribution in [3.63, 3.8) is 0 Å². The molecule has 0 saturated carbocycles. The lowest BCUT2D eigenvalue weighted by molar-refractivity contribution is -0.119. The van der Waals surface area contributed by atoms with Crippen LogP contribution >= 0.6 is 23.2 Å². The van der Waals surface area contributed by atoms with Gasteiger partial charge in [0.15, 0.2) is 0 Å². The van der Waals surface area contributed by atoms with Crippen LogP contribution in [0.2, 0.25) is 10.0 Å². The van der Waals surface area contributed by atoms with Crippen LogP contribution in [0, 0.1) is 0 Å². The second kappa shape index (κ2) is 6.58. The molecule has 0 aliphatic carbocycles. The average Bonchev–Trinajstić information content (AvgIpc) is 2.29. The lowest BCUT2D eigenvalue weighted by atomic mass is 10.3. The summed E-state index contributed by atoms with van der Waals surface area (Å²) in [6, 6.07) is 5.12. The highest BCUT2D eigenvalue weighted by Crippen LogP contribution is 2.31. The molecule has 0 bridgehead atoms. The lowest BCUT2D eigenvalue weighted by Crippen LogP contribution is -2.33. The average molecular weight is 263 g/mol. The maximum atomic E-state index is 10.8. The zero-order chi connectivity index (χ0) is 12.0. The van der Waals surface area contributed by atoms with E-state index in [-0.39, 0.29) is 12.5 Å². The third kappa shape index (κ3) is 3.89. The molecule has 0 aliphatic rings. The molecule has 0 aliphatic heterocycles. The zero-order valence-corrected chi connectivity index (χ0v) is 10.0. The Bertz CT molecular complexity index is 372. The lowest BCUT2D eigenvalue weighted by Gasteiger charge is -2.09. The standard InChI is InChI=1S/C10H12Cl2N2O2/c11-7-2-1-3-8(10(7)12)16-5-4-14-9(15)6-13/h1-3H,4-6,13H2,(H,14,15). The Morgan fingerprint density at radius 1 is 1.44 bits per heavy atom. The van der Waals surface area contributed by atoms with E-state index in [4.69, 9.17) is 33.7 Å². The smallest absolute Gasteiger partial charge is 0.233 e. The summed E-state index contributed by atoms with van der Waals surface area (Å²) >= 11 is 11.7. The molecule has 0 fully saturated rings. The Hall–Kier alpha value is -0.970. The van der Waals surface area contributed by atoms with Gasteiger partial charge in [-0.25, -0.2) is 0 Å². The first kappa shape index (κ1) is 13.1. The molecule has 6 heteroatoms. The van der Waals surface area contributed by atoms with Gasteiger partial charge in [-0.2, -0.15) is 0 Å². The molecule has 88 valence electrons. The van der Waals surface area contributed by atoms with E-state index in [0.717, 1.165) is 0 Å². The minimum Gasteiger partial charge on any atom is -0.490 e. The molecule has 3 N–H and O–H groups in total. The van der Waals surface area contributed by atoms with E-state index in [0.29, 0.717) is 28.9 Å². The maximum absolute atomic E-state index is 10.8. The predicted molar refractivity (Wildman–Crippen MR) is 64.0 cm³/mol. The molecular formula is C10H12Cl2N2O2. The van der Waals surface area contributed by atoms with Crippen molar-refractivity contribution in [3.05, 3.63) is 28.2 Å². The molecule has 1 amide bonds. The number of carbonyl (C=O) groups excluding carboxylic acids is 1. The van der Waals surface area contributed by atoms with Crippen molar-refractivity contribution < 1.29 is 9.53 Å². The van der Waals surface area contributed by atoms with Gasteiger partial charge in [-0.05, 0) is 12.1 Å². The zero-order valence-electron chi connectivity index (χ0n) is 8.50. The number of ether oxygens (including phenoxy) is 1. The van der Waals surface area contributed by atoms with E-state index in [9.17, 15) is 4.79 Å². The van der Waals surface area contributed by atoms with Crippen molar-refractivity contribution in [2.45, 2.75) is 0 Å². The van der Waals surface area contributed by atoms with Crippen molar-refractivity contribution in [2.24, 2.45) is 5.73 Å². The SMILES string of the molecule is NCC(=O)NCCOc1cccc(Cl)c1Cl. The summed E-state index contributed by atoms with van der Waals surface area (Å²) < 4.78 is 5.34. The van der Waals surface area contributed by atoms with Crippen molar-refractivity contribution in [1.29, 1.82) is 0 Å². The Morgan fingerprint density at radius 2 is 2.19 bits per heavy atom. The Labute approximate surface area is 104 Å². The van der Waals surface area contributed by atoms with Gasteiger partial charge >= 0.3 is 0 Å². The molecule has 0 heterocycles. The molecule has 4 nitrogen and oxygen atoms in total. The fourth-order valence-electron chi connectivity index (χ4n) is 1.02. The molecule has 1 rings (SSSR count). The molecule has 0 atom stereocenters. The molecule has 0 saturated heterocycles. The van der Waals surface area contributed by atoms with Crippen molar-refractivity contribution >= 4 is 29.1 Å². The van der Waals surface area contributed by atoms with Crippen LogP contribution in [-0.4, -0.2) is 25.6 Å². The highest BCUT2D eigenvalue weighted by molar-refractivity contribution is 6.42. The molecule has 0 spiro atoms. The van der Waals surface area contributed by atoms with Gasteiger partial charge in [0, 0.05) is 0 Å². The highest BCUT2D eigenvalue weighted by Gasteiger charge is 2.04. The van der Waals surface area contributed by atoms with Crippen LogP contribution in [0.25, 0.3) is 0 Å². The summed E-state index contributed by atoms with van der Waals surface area (Å²) in [5.74, 6) is 0.275. The van der Waals surface area contributed by atoms with Gasteiger partial charge in [-0.3, -0.25) is 4.79 Å². The van der Waals surface area contributed by atoms with E-state index in [1.807, 2.05) is 0 Å². The third-order valence-electron chi connectivity index (χ3n) is 1.78. The molecule has 16 heavy (non-hydrogen) atoms. The topological polar surface area (TPSA) is 64.4 Å². The fraction of sp³-hybridized carbons (Fsp3) is 0.300. The molecule has 0 unspecified atom stereocenters. The molecule has 1 aromatic carbocycles. The summed E-state index contributed by atoms with van der Waals surface area (Å²) in [7, 11) is 0. The molecular weight excluding hydrogens is 251 g/mol. The first-order valence-corrected chi connectivity index (χ1v) is 5.44. The largest absolute Gasteiger partial charge is 0.490 e. The number of nitrogens with two attached hydrogens (primary N) is 1. The summed E-state index contributed by atoms with van der Waals surface area (Å²) in [5, 5.41) is 3.38. The van der Waals surface area contributed by atoms with E-state index in [1.54, 1.807) is 18.2 Å². The van der Waals surface area contributed by atoms with E-state index < -0.39 is 0 Å². The number of hydrogen-bond donors (Lipinski definition) is 2. The van der Waals surface area contributed by atoms with E-state index in [2.05, 4.69) is 5.32 Å². The summed E-state index contributed by atoms with van der Waals surface area (Å²) in [5.41, 5.74) is 5.12. The van der Waals surface area contributed by atoms with Crippen LogP contribution in [0.3, 0.4) is 0 Å². The number of nitrogens with one attached hydrogen (secondary N) is 1. The number of benzene rings is 1. The first-order valence-electron chi connectivity index (χ1n) is 4.68. The maximum Gasteiger partial charge on any atom is 0.233 e. The van der Waals surface area contributed by atoms with Gasteiger partial charge in [0.1, 0.15) is 17.4 Å². The van der Waals surface area contributed by atoms with Crippen molar-refractivity contribution in [2.75, 3.05) is 19.7 Å². The quantitative estimate of drug-likeness (QED) is 0.790. The normalized spacial score (nSPS) is 9.94. The Morgan fingerprint density at radius 3 is 2.88 bits per heavy atom. The van der Waals surface area contributed by atoms with E-state index in [1.165, 1.54) is 0 Å². The van der Waals surface area contributed by atoms with Gasteiger partial charge < -0.3 is 15.8 Å². The monoisotopic (exact) mass is 262 g/mol. The van der Waals surface area contributed by atoms with Crippen LogP contribution in [0.15, 0.2) is 18.2 Å². The minimum absolute atomic E-state index is 0.0298. The highest BCUT2D eigenvalue weighted by atomic mass is 35.5. The third-order valence-corrected chi connectivity index (χ3v) is 2.58. The Kier molecular flexibility index (Phi) is 5.38. The van der Waals surface area contributed by atoms with Crippen LogP contribution in [0.1, 0.15) is 0 Å².